The summed E-state index contributed by atoms with van der Waals surface area (Å²) in [7, 11) is 0. The fraction of sp³-hybridized carbons (Fsp3) is 0.480. The molecule has 11 nitrogen and oxygen atoms in total. The Bertz CT molecular complexity index is 1200. The number of aromatic nitrogens is 2. The Morgan fingerprint density at radius 1 is 1.13 bits per heavy atom. The first-order valence-electron chi connectivity index (χ1n) is 12.4. The van der Waals surface area contributed by atoms with Gasteiger partial charge < -0.3 is 24.3 Å². The molecule has 1 N–H and O–H groups in total. The molecule has 0 saturated carbocycles. The molecule has 2 aliphatic rings. The standard InChI is InChI=1S/C25H28F3N5O6/c26-25(27,28)24(37)39-23(36)15-38-21-2-1-17(11-18(21)12-31-8-7-30-16-31)20(34)13-33-10-9-32(14-22(33)35)19-3-5-29-6-4-19/h1-2,7-8,11,16,19,29H,3-6,9-10,12-15H2. The average Bonchev–Trinajstić information content (AvgIpc) is 3.42. The molecular formula is C25H28F3N5O6. The van der Waals surface area contributed by atoms with Gasteiger partial charge in [0.25, 0.3) is 0 Å². The molecule has 2 saturated heterocycles. The summed E-state index contributed by atoms with van der Waals surface area (Å²) in [6.45, 7) is 2.35. The molecule has 2 fully saturated rings. The SMILES string of the molecule is O=C(COc1ccc(C(=O)CN2CCN(C3CCNCC3)CC2=O)cc1Cn1ccnc1)OC(=O)C(F)(F)F. The molecule has 0 atom stereocenters. The summed E-state index contributed by atoms with van der Waals surface area (Å²) in [5.74, 6) is -4.47. The molecule has 1 amide bonds. The molecule has 0 unspecified atom stereocenters. The Morgan fingerprint density at radius 2 is 1.90 bits per heavy atom. The molecule has 3 heterocycles. The van der Waals surface area contributed by atoms with Gasteiger partial charge in [0.1, 0.15) is 5.75 Å². The zero-order chi connectivity index (χ0) is 28.0. The van der Waals surface area contributed by atoms with Crippen LogP contribution in [0.15, 0.2) is 36.9 Å². The number of hydrogen-bond acceptors (Lipinski definition) is 9. The number of hydrogen-bond donors (Lipinski definition) is 1. The summed E-state index contributed by atoms with van der Waals surface area (Å²) in [4.78, 5) is 56.1. The second kappa shape index (κ2) is 12.4. The number of benzene rings is 1. The topological polar surface area (TPSA) is 123 Å². The van der Waals surface area contributed by atoms with E-state index in [1.165, 1.54) is 35.6 Å². The number of esters is 2. The van der Waals surface area contributed by atoms with Crippen molar-refractivity contribution in [2.75, 3.05) is 45.9 Å². The predicted octanol–water partition coefficient (Wildman–Crippen LogP) is 1.02. The molecule has 0 aliphatic carbocycles. The Morgan fingerprint density at radius 3 is 2.56 bits per heavy atom. The predicted molar refractivity (Wildman–Crippen MR) is 129 cm³/mol. The van der Waals surface area contributed by atoms with Gasteiger partial charge in [-0.05, 0) is 44.1 Å². The van der Waals surface area contributed by atoms with E-state index in [-0.39, 0.29) is 37.1 Å². The second-order valence-corrected chi connectivity index (χ2v) is 9.30. The molecule has 1 aromatic heterocycles. The smallest absolute Gasteiger partial charge is 0.482 e. The molecule has 2 aromatic rings. The minimum atomic E-state index is -5.31. The van der Waals surface area contributed by atoms with Crippen molar-refractivity contribution < 1.29 is 41.8 Å². The number of Topliss-reactive ketones (excluding diaryl/α,β-unsaturated/α-hetero) is 1. The maximum Gasteiger partial charge on any atom is 0.491 e. The van der Waals surface area contributed by atoms with Crippen molar-refractivity contribution in [3.05, 3.63) is 48.0 Å². The number of halogens is 3. The van der Waals surface area contributed by atoms with Gasteiger partial charge in [-0.25, -0.2) is 14.6 Å². The fourth-order valence-corrected chi connectivity index (χ4v) is 4.56. The zero-order valence-corrected chi connectivity index (χ0v) is 21.0. The number of amides is 1. The van der Waals surface area contributed by atoms with Crippen LogP contribution in [0.5, 0.6) is 5.75 Å². The highest BCUT2D eigenvalue weighted by Gasteiger charge is 2.42. The van der Waals surface area contributed by atoms with Crippen molar-refractivity contribution in [3.63, 3.8) is 0 Å². The summed E-state index contributed by atoms with van der Waals surface area (Å²) < 4.78 is 47.7. The lowest BCUT2D eigenvalue weighted by Crippen LogP contribution is -2.56. The Hall–Kier alpha value is -3.78. The van der Waals surface area contributed by atoms with Gasteiger partial charge in [-0.3, -0.25) is 14.5 Å². The van der Waals surface area contributed by atoms with Crippen LogP contribution < -0.4 is 10.1 Å². The lowest BCUT2D eigenvalue weighted by Gasteiger charge is -2.40. The summed E-state index contributed by atoms with van der Waals surface area (Å²) in [6.07, 6.45) is 1.34. The van der Waals surface area contributed by atoms with E-state index in [4.69, 9.17) is 4.74 Å². The van der Waals surface area contributed by atoms with Crippen LogP contribution in [0.1, 0.15) is 28.8 Å². The highest BCUT2D eigenvalue weighted by Crippen LogP contribution is 2.23. The largest absolute Gasteiger partial charge is 0.491 e. The molecule has 2 aliphatic heterocycles. The first kappa shape index (κ1) is 28.2. The minimum Gasteiger partial charge on any atom is -0.482 e. The third-order valence-corrected chi connectivity index (χ3v) is 6.59. The normalized spacial score (nSPS) is 17.2. The van der Waals surface area contributed by atoms with E-state index in [0.29, 0.717) is 30.3 Å². The van der Waals surface area contributed by atoms with E-state index in [9.17, 15) is 32.3 Å². The molecular weight excluding hydrogens is 523 g/mol. The monoisotopic (exact) mass is 551 g/mol. The Labute approximate surface area is 221 Å². The number of carbonyl (C=O) groups excluding carboxylic acids is 4. The lowest BCUT2D eigenvalue weighted by atomic mass is 10.0. The number of nitrogens with zero attached hydrogens (tertiary/aromatic N) is 4. The summed E-state index contributed by atoms with van der Waals surface area (Å²) in [5, 5.41) is 3.31. The fourth-order valence-electron chi connectivity index (χ4n) is 4.56. The number of nitrogens with one attached hydrogen (secondary N) is 1. The summed E-state index contributed by atoms with van der Waals surface area (Å²) in [5.41, 5.74) is 0.719. The maximum absolute atomic E-state index is 13.1. The number of imidazole rings is 1. The number of ketones is 1. The van der Waals surface area contributed by atoms with Crippen LogP contribution in [0, 0.1) is 0 Å². The van der Waals surface area contributed by atoms with Crippen molar-refractivity contribution >= 4 is 23.6 Å². The van der Waals surface area contributed by atoms with Gasteiger partial charge in [0.05, 0.1) is 26.0 Å². The van der Waals surface area contributed by atoms with E-state index in [1.54, 1.807) is 10.8 Å². The van der Waals surface area contributed by atoms with Gasteiger partial charge in [-0.15, -0.1) is 0 Å². The van der Waals surface area contributed by atoms with E-state index in [2.05, 4.69) is 19.9 Å². The first-order chi connectivity index (χ1) is 18.6. The molecule has 0 radical (unpaired) electrons. The van der Waals surface area contributed by atoms with E-state index in [1.807, 2.05) is 0 Å². The van der Waals surface area contributed by atoms with Crippen molar-refractivity contribution in [1.29, 1.82) is 0 Å². The minimum absolute atomic E-state index is 0.100. The second-order valence-electron chi connectivity index (χ2n) is 9.30. The average molecular weight is 552 g/mol. The van der Waals surface area contributed by atoms with Crippen LogP contribution >= 0.6 is 0 Å². The van der Waals surface area contributed by atoms with E-state index in [0.717, 1.165) is 25.9 Å². The summed E-state index contributed by atoms with van der Waals surface area (Å²) in [6, 6.07) is 4.72. The third kappa shape index (κ3) is 7.63. The zero-order valence-electron chi connectivity index (χ0n) is 21.0. The van der Waals surface area contributed by atoms with Crippen LogP contribution in [0.3, 0.4) is 0 Å². The molecule has 1 aromatic carbocycles. The van der Waals surface area contributed by atoms with Crippen molar-refractivity contribution in [2.24, 2.45) is 0 Å². The van der Waals surface area contributed by atoms with Gasteiger partial charge in [-0.1, -0.05) is 0 Å². The summed E-state index contributed by atoms with van der Waals surface area (Å²) >= 11 is 0. The molecule has 210 valence electrons. The molecule has 14 heteroatoms. The quantitative estimate of drug-likeness (QED) is 0.277. The number of piperazine rings is 1. The molecule has 0 spiro atoms. The van der Waals surface area contributed by atoms with Gasteiger partial charge in [0.2, 0.25) is 5.91 Å². The Balaban J connectivity index is 1.40. The van der Waals surface area contributed by atoms with Crippen molar-refractivity contribution in [2.45, 2.75) is 31.6 Å². The van der Waals surface area contributed by atoms with Gasteiger partial charge in [-0.2, -0.15) is 13.2 Å². The van der Waals surface area contributed by atoms with Crippen LogP contribution in [0.2, 0.25) is 0 Å². The Kier molecular flexibility index (Phi) is 8.97. The van der Waals surface area contributed by atoms with Crippen LogP contribution in [0.25, 0.3) is 0 Å². The van der Waals surface area contributed by atoms with E-state index < -0.39 is 24.7 Å². The van der Waals surface area contributed by atoms with Gasteiger partial charge in [0.15, 0.2) is 12.4 Å². The molecule has 39 heavy (non-hydrogen) atoms. The van der Waals surface area contributed by atoms with Crippen LogP contribution in [0.4, 0.5) is 13.2 Å². The van der Waals surface area contributed by atoms with Crippen molar-refractivity contribution in [3.8, 4) is 5.75 Å². The maximum atomic E-state index is 13.1. The lowest BCUT2D eigenvalue weighted by molar-refractivity contribution is -0.202. The number of alkyl halides is 3. The highest BCUT2D eigenvalue weighted by atomic mass is 19.4. The van der Waals surface area contributed by atoms with Crippen molar-refractivity contribution in [1.82, 2.24) is 24.7 Å². The highest BCUT2D eigenvalue weighted by molar-refractivity contribution is 6.00. The first-order valence-corrected chi connectivity index (χ1v) is 12.4. The number of piperidine rings is 1. The van der Waals surface area contributed by atoms with E-state index >= 15 is 0 Å². The third-order valence-electron chi connectivity index (χ3n) is 6.59. The molecule has 4 rings (SSSR count). The van der Waals surface area contributed by atoms with Crippen LogP contribution in [-0.2, 0) is 25.7 Å². The molecule has 0 bridgehead atoms. The number of ether oxygens (including phenoxy) is 2. The van der Waals surface area contributed by atoms with Crippen LogP contribution in [-0.4, -0.2) is 101 Å². The number of carbonyl (C=O) groups is 4. The van der Waals surface area contributed by atoms with Gasteiger partial charge >= 0.3 is 18.1 Å². The number of rotatable bonds is 9. The van der Waals surface area contributed by atoms with Gasteiger partial charge in [0, 0.05) is 42.7 Å².